The van der Waals surface area contributed by atoms with Crippen LogP contribution in [0.2, 0.25) is 0 Å². The number of nitrogens with one attached hydrogen (secondary N) is 1. The molecule has 102 valence electrons. The van der Waals surface area contributed by atoms with E-state index < -0.39 is 0 Å². The Balaban J connectivity index is 2.09. The summed E-state index contributed by atoms with van der Waals surface area (Å²) in [5.74, 6) is 1.71. The number of nitrogens with two attached hydrogens (primary N) is 1. The molecule has 3 rings (SSSR count). The molecule has 0 saturated heterocycles. The zero-order valence-corrected chi connectivity index (χ0v) is 11.6. The van der Waals surface area contributed by atoms with Crippen molar-refractivity contribution in [1.82, 2.24) is 9.97 Å². The van der Waals surface area contributed by atoms with Gasteiger partial charge in [0, 0.05) is 12.1 Å². The Labute approximate surface area is 117 Å². The highest BCUT2D eigenvalue weighted by atomic mass is 16.5. The molecule has 1 heterocycles. The van der Waals surface area contributed by atoms with Gasteiger partial charge >= 0.3 is 0 Å². The minimum absolute atomic E-state index is 0.530. The van der Waals surface area contributed by atoms with Crippen molar-refractivity contribution >= 4 is 11.0 Å². The van der Waals surface area contributed by atoms with Crippen LogP contribution in [0.25, 0.3) is 22.4 Å². The third-order valence-corrected chi connectivity index (χ3v) is 3.46. The summed E-state index contributed by atoms with van der Waals surface area (Å²) in [6.45, 7) is 2.55. The molecule has 0 spiro atoms. The van der Waals surface area contributed by atoms with E-state index in [0.717, 1.165) is 39.3 Å². The van der Waals surface area contributed by atoms with Crippen LogP contribution in [0, 0.1) is 6.92 Å². The van der Waals surface area contributed by atoms with Crippen LogP contribution in [0.15, 0.2) is 36.4 Å². The molecule has 2 aromatic carbocycles. The molecule has 3 N–H and O–H groups in total. The highest BCUT2D eigenvalue weighted by Crippen LogP contribution is 2.26. The van der Waals surface area contributed by atoms with Crippen molar-refractivity contribution in [3.8, 4) is 17.1 Å². The number of aryl methyl sites for hydroxylation is 1. The second-order valence-corrected chi connectivity index (χ2v) is 4.83. The van der Waals surface area contributed by atoms with Gasteiger partial charge in [0.2, 0.25) is 0 Å². The van der Waals surface area contributed by atoms with Crippen molar-refractivity contribution in [3.05, 3.63) is 47.5 Å². The van der Waals surface area contributed by atoms with Crippen molar-refractivity contribution in [2.75, 3.05) is 7.11 Å². The summed E-state index contributed by atoms with van der Waals surface area (Å²) >= 11 is 0. The van der Waals surface area contributed by atoms with Gasteiger partial charge in [0.1, 0.15) is 11.6 Å². The molecule has 0 unspecified atom stereocenters. The molecule has 4 nitrogen and oxygen atoms in total. The van der Waals surface area contributed by atoms with Gasteiger partial charge in [-0.1, -0.05) is 18.2 Å². The van der Waals surface area contributed by atoms with Crippen LogP contribution in [0.3, 0.4) is 0 Å². The molecule has 0 radical (unpaired) electrons. The zero-order chi connectivity index (χ0) is 14.1. The predicted octanol–water partition coefficient (Wildman–Crippen LogP) is 3.01. The third-order valence-electron chi connectivity index (χ3n) is 3.46. The molecule has 0 bridgehead atoms. The quantitative estimate of drug-likeness (QED) is 0.766. The number of rotatable bonds is 3. The SMILES string of the molecule is COc1cc(-c2nc3ccc(CN)cc3[nH]2)ccc1C. The number of imidazole rings is 1. The van der Waals surface area contributed by atoms with Crippen molar-refractivity contribution in [3.63, 3.8) is 0 Å². The van der Waals surface area contributed by atoms with E-state index in [1.165, 1.54) is 0 Å². The standard InChI is InChI=1S/C16H17N3O/c1-10-3-5-12(8-15(10)20-2)16-18-13-6-4-11(9-17)7-14(13)19-16/h3-8H,9,17H2,1-2H3,(H,18,19). The maximum atomic E-state index is 5.66. The largest absolute Gasteiger partial charge is 0.496 e. The lowest BCUT2D eigenvalue weighted by molar-refractivity contribution is 0.412. The molecule has 0 saturated carbocycles. The van der Waals surface area contributed by atoms with Crippen LogP contribution >= 0.6 is 0 Å². The van der Waals surface area contributed by atoms with E-state index in [2.05, 4.69) is 9.97 Å². The first-order chi connectivity index (χ1) is 9.71. The number of aromatic amines is 1. The highest BCUT2D eigenvalue weighted by Gasteiger charge is 2.08. The Morgan fingerprint density at radius 2 is 2.05 bits per heavy atom. The van der Waals surface area contributed by atoms with Gasteiger partial charge in [-0.2, -0.15) is 0 Å². The van der Waals surface area contributed by atoms with Gasteiger partial charge in [-0.25, -0.2) is 4.98 Å². The maximum absolute atomic E-state index is 5.66. The number of hydrogen-bond acceptors (Lipinski definition) is 3. The maximum Gasteiger partial charge on any atom is 0.138 e. The van der Waals surface area contributed by atoms with Crippen LogP contribution in [-0.2, 0) is 6.54 Å². The summed E-state index contributed by atoms with van der Waals surface area (Å²) in [5.41, 5.74) is 10.8. The van der Waals surface area contributed by atoms with E-state index in [4.69, 9.17) is 10.5 Å². The minimum atomic E-state index is 0.530. The Kier molecular flexibility index (Phi) is 3.16. The van der Waals surface area contributed by atoms with E-state index >= 15 is 0 Å². The van der Waals surface area contributed by atoms with Crippen LogP contribution in [-0.4, -0.2) is 17.1 Å². The lowest BCUT2D eigenvalue weighted by Gasteiger charge is -2.05. The summed E-state index contributed by atoms with van der Waals surface area (Å²) in [5, 5.41) is 0. The molecular formula is C16H17N3O. The smallest absolute Gasteiger partial charge is 0.138 e. The van der Waals surface area contributed by atoms with Gasteiger partial charge in [0.25, 0.3) is 0 Å². The van der Waals surface area contributed by atoms with Crippen LogP contribution in [0.1, 0.15) is 11.1 Å². The monoisotopic (exact) mass is 267 g/mol. The van der Waals surface area contributed by atoms with Gasteiger partial charge in [-0.15, -0.1) is 0 Å². The van der Waals surface area contributed by atoms with E-state index in [0.29, 0.717) is 6.54 Å². The topological polar surface area (TPSA) is 63.9 Å². The summed E-state index contributed by atoms with van der Waals surface area (Å²) in [6, 6.07) is 12.1. The molecule has 4 heteroatoms. The number of methoxy groups -OCH3 is 1. The molecule has 0 aliphatic heterocycles. The van der Waals surface area contributed by atoms with Crippen LogP contribution in [0.4, 0.5) is 0 Å². The first-order valence-corrected chi connectivity index (χ1v) is 6.55. The normalized spacial score (nSPS) is 10.9. The average molecular weight is 267 g/mol. The molecule has 1 aromatic heterocycles. The van der Waals surface area contributed by atoms with E-state index in [-0.39, 0.29) is 0 Å². The van der Waals surface area contributed by atoms with Gasteiger partial charge in [-0.05, 0) is 36.2 Å². The fourth-order valence-corrected chi connectivity index (χ4v) is 2.29. The van der Waals surface area contributed by atoms with E-state index in [1.807, 2.05) is 43.3 Å². The second-order valence-electron chi connectivity index (χ2n) is 4.83. The highest BCUT2D eigenvalue weighted by molar-refractivity contribution is 5.80. The fourth-order valence-electron chi connectivity index (χ4n) is 2.29. The van der Waals surface area contributed by atoms with Gasteiger partial charge < -0.3 is 15.5 Å². The Bertz CT molecular complexity index is 762. The first-order valence-electron chi connectivity index (χ1n) is 6.55. The molecule has 0 fully saturated rings. The van der Waals surface area contributed by atoms with E-state index in [9.17, 15) is 0 Å². The van der Waals surface area contributed by atoms with Gasteiger partial charge in [0.05, 0.1) is 18.1 Å². The number of nitrogens with zero attached hydrogens (tertiary/aromatic N) is 1. The van der Waals surface area contributed by atoms with Crippen molar-refractivity contribution in [2.24, 2.45) is 5.73 Å². The van der Waals surface area contributed by atoms with Crippen molar-refractivity contribution in [1.29, 1.82) is 0 Å². The Morgan fingerprint density at radius 3 is 2.80 bits per heavy atom. The first kappa shape index (κ1) is 12.7. The van der Waals surface area contributed by atoms with Crippen LogP contribution in [0.5, 0.6) is 5.75 Å². The summed E-state index contributed by atoms with van der Waals surface area (Å²) in [7, 11) is 1.68. The number of benzene rings is 2. The molecule has 0 atom stereocenters. The predicted molar refractivity (Wildman–Crippen MR) is 80.7 cm³/mol. The summed E-state index contributed by atoms with van der Waals surface area (Å²) < 4.78 is 5.36. The fraction of sp³-hybridized carbons (Fsp3) is 0.188. The lowest BCUT2D eigenvalue weighted by Crippen LogP contribution is -1.95. The van der Waals surface area contributed by atoms with Crippen LogP contribution < -0.4 is 10.5 Å². The molecule has 0 amide bonds. The molecule has 0 aliphatic carbocycles. The van der Waals surface area contributed by atoms with Crippen molar-refractivity contribution < 1.29 is 4.74 Å². The number of ether oxygens (including phenoxy) is 1. The van der Waals surface area contributed by atoms with E-state index in [1.54, 1.807) is 7.11 Å². The molecular weight excluding hydrogens is 250 g/mol. The molecule has 0 aliphatic rings. The average Bonchev–Trinajstić information content (AvgIpc) is 2.90. The lowest BCUT2D eigenvalue weighted by atomic mass is 10.1. The number of H-pyrrole nitrogens is 1. The summed E-state index contributed by atoms with van der Waals surface area (Å²) in [4.78, 5) is 7.95. The van der Waals surface area contributed by atoms with Gasteiger partial charge in [-0.3, -0.25) is 0 Å². The third kappa shape index (κ3) is 2.14. The van der Waals surface area contributed by atoms with Gasteiger partial charge in [0.15, 0.2) is 0 Å². The zero-order valence-electron chi connectivity index (χ0n) is 11.6. The Hall–Kier alpha value is -2.33. The molecule has 3 aromatic rings. The second kappa shape index (κ2) is 4.98. The number of fused-ring (bicyclic) bond motifs is 1. The number of hydrogen-bond donors (Lipinski definition) is 2. The summed E-state index contributed by atoms with van der Waals surface area (Å²) in [6.07, 6.45) is 0. The Morgan fingerprint density at radius 1 is 1.20 bits per heavy atom. The molecule has 20 heavy (non-hydrogen) atoms. The number of aromatic nitrogens is 2. The minimum Gasteiger partial charge on any atom is -0.496 e. The van der Waals surface area contributed by atoms with Crippen molar-refractivity contribution in [2.45, 2.75) is 13.5 Å².